The summed E-state index contributed by atoms with van der Waals surface area (Å²) in [7, 11) is 4.79. The van der Waals surface area contributed by atoms with Crippen LogP contribution < -0.4 is 19.7 Å². The first kappa shape index (κ1) is 21.0. The SMILES string of the molecule is CNC(=O)N1N=C(c2ccc(N3CC(F)C3)cc2)c2cc(OC)c(OC)cc2C[C@H]1C. The molecule has 2 aromatic carbocycles. The van der Waals surface area contributed by atoms with Crippen LogP contribution >= 0.6 is 0 Å². The average Bonchev–Trinajstić information content (AvgIpc) is 2.91. The molecule has 2 aliphatic heterocycles. The fourth-order valence-electron chi connectivity index (χ4n) is 4.01. The molecule has 2 amide bonds. The Balaban J connectivity index is 1.81. The standard InChI is InChI=1S/C23H27FN4O3/c1-14-9-16-10-20(30-3)21(31-4)11-19(16)22(26-28(14)23(29)25-2)15-5-7-18(8-6-15)27-12-17(24)13-27/h5-8,10-11,14,17H,9,12-13H2,1-4H3,(H,25,29)/t14-/m1/s1. The van der Waals surface area contributed by atoms with Crippen molar-refractivity contribution in [3.05, 3.63) is 53.1 Å². The number of hydrazone groups is 1. The third-order valence-corrected chi connectivity index (χ3v) is 5.77. The molecule has 0 radical (unpaired) electrons. The van der Waals surface area contributed by atoms with Gasteiger partial charge in [0, 0.05) is 23.9 Å². The first-order valence-electron chi connectivity index (χ1n) is 10.3. The highest BCUT2D eigenvalue weighted by Crippen LogP contribution is 2.35. The molecule has 0 saturated carbocycles. The van der Waals surface area contributed by atoms with Crippen LogP contribution in [0.25, 0.3) is 0 Å². The summed E-state index contributed by atoms with van der Waals surface area (Å²) in [6, 6.07) is 11.3. The first-order chi connectivity index (χ1) is 14.9. The molecule has 0 aliphatic carbocycles. The van der Waals surface area contributed by atoms with Crippen LogP contribution in [0.1, 0.15) is 23.6 Å². The van der Waals surface area contributed by atoms with Crippen molar-refractivity contribution < 1.29 is 18.7 Å². The molecule has 164 valence electrons. The number of fused-ring (bicyclic) bond motifs is 1. The minimum absolute atomic E-state index is 0.156. The molecule has 7 nitrogen and oxygen atoms in total. The van der Waals surface area contributed by atoms with Gasteiger partial charge in [-0.3, -0.25) is 0 Å². The van der Waals surface area contributed by atoms with E-state index in [1.807, 2.05) is 48.2 Å². The second-order valence-electron chi connectivity index (χ2n) is 7.81. The van der Waals surface area contributed by atoms with Gasteiger partial charge in [-0.2, -0.15) is 5.10 Å². The molecule has 1 fully saturated rings. The van der Waals surface area contributed by atoms with Crippen molar-refractivity contribution in [3.63, 3.8) is 0 Å². The minimum Gasteiger partial charge on any atom is -0.493 e. The number of methoxy groups -OCH3 is 2. The number of urea groups is 1. The van der Waals surface area contributed by atoms with Crippen LogP contribution in [0.4, 0.5) is 14.9 Å². The molecule has 1 atom stereocenters. The lowest BCUT2D eigenvalue weighted by molar-refractivity contribution is 0.184. The minimum atomic E-state index is -0.761. The monoisotopic (exact) mass is 426 g/mol. The third kappa shape index (κ3) is 3.89. The summed E-state index contributed by atoms with van der Waals surface area (Å²) in [5.74, 6) is 1.23. The lowest BCUT2D eigenvalue weighted by Gasteiger charge is -2.36. The zero-order chi connectivity index (χ0) is 22.1. The maximum Gasteiger partial charge on any atom is 0.337 e. The Morgan fingerprint density at radius 1 is 1.13 bits per heavy atom. The van der Waals surface area contributed by atoms with Crippen molar-refractivity contribution in [1.29, 1.82) is 0 Å². The number of anilines is 1. The number of hydrogen-bond donors (Lipinski definition) is 1. The van der Waals surface area contributed by atoms with Crippen molar-refractivity contribution in [2.75, 3.05) is 39.3 Å². The lowest BCUT2D eigenvalue weighted by atomic mass is 9.93. The molecule has 0 aromatic heterocycles. The van der Waals surface area contributed by atoms with E-state index >= 15 is 0 Å². The fourth-order valence-corrected chi connectivity index (χ4v) is 4.01. The van der Waals surface area contributed by atoms with Crippen molar-refractivity contribution >= 4 is 17.4 Å². The molecule has 2 aliphatic rings. The average molecular weight is 426 g/mol. The number of ether oxygens (including phenoxy) is 2. The largest absolute Gasteiger partial charge is 0.493 e. The van der Waals surface area contributed by atoms with Gasteiger partial charge in [-0.15, -0.1) is 0 Å². The molecule has 0 bridgehead atoms. The van der Waals surface area contributed by atoms with Gasteiger partial charge in [0.05, 0.1) is 39.1 Å². The van der Waals surface area contributed by atoms with Gasteiger partial charge in [-0.05, 0) is 43.2 Å². The summed E-state index contributed by atoms with van der Waals surface area (Å²) < 4.78 is 24.2. The van der Waals surface area contributed by atoms with Gasteiger partial charge < -0.3 is 19.7 Å². The Morgan fingerprint density at radius 3 is 2.35 bits per heavy atom. The molecule has 4 rings (SSSR count). The summed E-state index contributed by atoms with van der Waals surface area (Å²) in [4.78, 5) is 14.5. The van der Waals surface area contributed by atoms with Crippen molar-refractivity contribution in [2.45, 2.75) is 25.6 Å². The van der Waals surface area contributed by atoms with Crippen LogP contribution in [0.5, 0.6) is 11.5 Å². The quantitative estimate of drug-likeness (QED) is 0.816. The summed E-state index contributed by atoms with van der Waals surface area (Å²) in [6.45, 7) is 2.80. The van der Waals surface area contributed by atoms with Crippen molar-refractivity contribution in [1.82, 2.24) is 10.3 Å². The van der Waals surface area contributed by atoms with Crippen LogP contribution in [0.15, 0.2) is 41.5 Å². The smallest absolute Gasteiger partial charge is 0.337 e. The van der Waals surface area contributed by atoms with E-state index in [0.717, 1.165) is 22.4 Å². The van der Waals surface area contributed by atoms with E-state index in [2.05, 4.69) is 5.32 Å². The highest BCUT2D eigenvalue weighted by Gasteiger charge is 2.29. The Bertz CT molecular complexity index is 1000. The van der Waals surface area contributed by atoms with Gasteiger partial charge in [0.15, 0.2) is 11.5 Å². The van der Waals surface area contributed by atoms with Crippen LogP contribution in [0, 0.1) is 0 Å². The number of nitrogens with one attached hydrogen (secondary N) is 1. The van der Waals surface area contributed by atoms with E-state index < -0.39 is 6.17 Å². The molecular formula is C23H27FN4O3. The maximum absolute atomic E-state index is 13.2. The Kier molecular flexibility index (Phi) is 5.71. The topological polar surface area (TPSA) is 66.4 Å². The zero-order valence-corrected chi connectivity index (χ0v) is 18.2. The fraction of sp³-hybridized carbons (Fsp3) is 0.391. The Labute approximate surface area is 181 Å². The second-order valence-corrected chi connectivity index (χ2v) is 7.81. The molecule has 1 N–H and O–H groups in total. The maximum atomic E-state index is 13.2. The number of benzene rings is 2. The summed E-state index contributed by atoms with van der Waals surface area (Å²) in [5.41, 5.74) is 4.40. The van der Waals surface area contributed by atoms with Crippen LogP contribution in [-0.2, 0) is 6.42 Å². The van der Waals surface area contributed by atoms with E-state index in [1.54, 1.807) is 21.3 Å². The van der Waals surface area contributed by atoms with E-state index in [4.69, 9.17) is 14.6 Å². The van der Waals surface area contributed by atoms with E-state index in [0.29, 0.717) is 36.7 Å². The number of carbonyl (C=O) groups is 1. The molecular weight excluding hydrogens is 399 g/mol. The molecule has 1 saturated heterocycles. The number of alkyl halides is 1. The van der Waals surface area contributed by atoms with E-state index in [-0.39, 0.29) is 12.1 Å². The first-order valence-corrected chi connectivity index (χ1v) is 10.3. The van der Waals surface area contributed by atoms with Crippen LogP contribution in [0.2, 0.25) is 0 Å². The number of amides is 2. The Hall–Kier alpha value is -3.29. The summed E-state index contributed by atoms with van der Waals surface area (Å²) in [6.07, 6.45) is -0.150. The van der Waals surface area contributed by atoms with Gasteiger partial charge in [-0.1, -0.05) is 12.1 Å². The molecule has 2 aromatic rings. The lowest BCUT2D eigenvalue weighted by Crippen LogP contribution is -2.48. The van der Waals surface area contributed by atoms with E-state index in [1.165, 1.54) is 5.01 Å². The van der Waals surface area contributed by atoms with E-state index in [9.17, 15) is 9.18 Å². The molecule has 0 spiro atoms. The highest BCUT2D eigenvalue weighted by molar-refractivity contribution is 6.14. The number of nitrogens with zero attached hydrogens (tertiary/aromatic N) is 3. The second kappa shape index (κ2) is 8.45. The summed E-state index contributed by atoms with van der Waals surface area (Å²) >= 11 is 0. The van der Waals surface area contributed by atoms with Crippen LogP contribution in [0.3, 0.4) is 0 Å². The Morgan fingerprint density at radius 2 is 1.77 bits per heavy atom. The highest BCUT2D eigenvalue weighted by atomic mass is 19.1. The number of halogens is 1. The molecule has 2 heterocycles. The van der Waals surface area contributed by atoms with Crippen LogP contribution in [-0.4, -0.2) is 63.3 Å². The zero-order valence-electron chi connectivity index (χ0n) is 18.2. The number of rotatable bonds is 4. The van der Waals surface area contributed by atoms with Gasteiger partial charge in [-0.25, -0.2) is 14.2 Å². The van der Waals surface area contributed by atoms with Gasteiger partial charge in [0.25, 0.3) is 0 Å². The molecule has 8 heteroatoms. The van der Waals surface area contributed by atoms with Crippen molar-refractivity contribution in [2.24, 2.45) is 5.10 Å². The van der Waals surface area contributed by atoms with Gasteiger partial charge in [0.1, 0.15) is 6.17 Å². The molecule has 0 unspecified atom stereocenters. The normalized spacial score (nSPS) is 18.5. The predicted octanol–water partition coefficient (Wildman–Crippen LogP) is 3.20. The third-order valence-electron chi connectivity index (χ3n) is 5.77. The predicted molar refractivity (Wildman–Crippen MR) is 118 cm³/mol. The van der Waals surface area contributed by atoms with Gasteiger partial charge >= 0.3 is 6.03 Å². The molecule has 31 heavy (non-hydrogen) atoms. The van der Waals surface area contributed by atoms with Gasteiger partial charge in [0.2, 0.25) is 0 Å². The number of hydrogen-bond acceptors (Lipinski definition) is 5. The van der Waals surface area contributed by atoms with Crippen molar-refractivity contribution in [3.8, 4) is 11.5 Å². The summed E-state index contributed by atoms with van der Waals surface area (Å²) in [5, 5.41) is 8.90. The number of carbonyl (C=O) groups excluding carboxylic acids is 1.